The lowest BCUT2D eigenvalue weighted by molar-refractivity contribution is -0.128. The third-order valence-electron chi connectivity index (χ3n) is 4.36. The van der Waals surface area contributed by atoms with Gasteiger partial charge < -0.3 is 20.5 Å². The fourth-order valence-electron chi connectivity index (χ4n) is 3.44. The molecule has 3 fully saturated rings. The Bertz CT molecular complexity index is 241. The van der Waals surface area contributed by atoms with E-state index in [4.69, 9.17) is 15.2 Å². The maximum absolute atomic E-state index is 6.37. The van der Waals surface area contributed by atoms with Crippen LogP contribution in [0.3, 0.4) is 0 Å². The Hall–Kier alpha value is -0.160. The first-order chi connectivity index (χ1) is 7.32. The van der Waals surface area contributed by atoms with Gasteiger partial charge in [-0.1, -0.05) is 0 Å². The summed E-state index contributed by atoms with van der Waals surface area (Å²) >= 11 is 0. The molecule has 4 heteroatoms. The standard InChI is InChI=1S/C11H20N2O2/c12-10-9-8(14-5-6-15-9)7-11(10)1-3-13-4-2-11/h8-10,13H,1-7,12H2. The molecular formula is C11H20N2O2. The van der Waals surface area contributed by atoms with Crippen molar-refractivity contribution in [2.24, 2.45) is 11.1 Å². The quantitative estimate of drug-likeness (QED) is 0.587. The number of hydrogen-bond acceptors (Lipinski definition) is 4. The number of rotatable bonds is 0. The van der Waals surface area contributed by atoms with E-state index in [0.29, 0.717) is 6.61 Å². The van der Waals surface area contributed by atoms with Gasteiger partial charge in [0.25, 0.3) is 0 Å². The molecule has 0 radical (unpaired) electrons. The third-order valence-corrected chi connectivity index (χ3v) is 4.36. The van der Waals surface area contributed by atoms with Crippen molar-refractivity contribution in [3.8, 4) is 0 Å². The molecule has 3 atom stereocenters. The van der Waals surface area contributed by atoms with Crippen LogP contribution in [0, 0.1) is 5.41 Å². The molecule has 0 amide bonds. The van der Waals surface area contributed by atoms with E-state index in [0.717, 1.165) is 26.1 Å². The van der Waals surface area contributed by atoms with E-state index in [1.54, 1.807) is 0 Å². The molecular weight excluding hydrogens is 192 g/mol. The van der Waals surface area contributed by atoms with Crippen molar-refractivity contribution in [3.63, 3.8) is 0 Å². The van der Waals surface area contributed by atoms with Crippen LogP contribution in [0.5, 0.6) is 0 Å². The van der Waals surface area contributed by atoms with Crippen molar-refractivity contribution in [1.82, 2.24) is 5.32 Å². The summed E-state index contributed by atoms with van der Waals surface area (Å²) in [6.07, 6.45) is 3.85. The van der Waals surface area contributed by atoms with Gasteiger partial charge >= 0.3 is 0 Å². The molecule has 0 aromatic heterocycles. The maximum atomic E-state index is 6.37. The number of piperidine rings is 1. The summed E-state index contributed by atoms with van der Waals surface area (Å²) in [5, 5.41) is 3.40. The van der Waals surface area contributed by atoms with E-state index in [-0.39, 0.29) is 23.7 Å². The van der Waals surface area contributed by atoms with Gasteiger partial charge in [-0.05, 0) is 37.8 Å². The lowest BCUT2D eigenvalue weighted by Gasteiger charge is -2.38. The highest BCUT2D eigenvalue weighted by Crippen LogP contribution is 2.47. The molecule has 3 N–H and O–H groups in total. The average molecular weight is 212 g/mol. The first-order valence-corrected chi connectivity index (χ1v) is 6.01. The topological polar surface area (TPSA) is 56.5 Å². The first kappa shape index (κ1) is 10.0. The Morgan fingerprint density at radius 3 is 2.60 bits per heavy atom. The van der Waals surface area contributed by atoms with Crippen molar-refractivity contribution >= 4 is 0 Å². The predicted octanol–water partition coefficient (Wildman–Crippen LogP) is -0.129. The van der Waals surface area contributed by atoms with Crippen molar-refractivity contribution < 1.29 is 9.47 Å². The highest BCUT2D eigenvalue weighted by molar-refractivity contribution is 5.07. The molecule has 4 nitrogen and oxygen atoms in total. The fraction of sp³-hybridized carbons (Fsp3) is 1.00. The summed E-state index contributed by atoms with van der Waals surface area (Å²) in [7, 11) is 0. The summed E-state index contributed by atoms with van der Waals surface area (Å²) in [4.78, 5) is 0. The molecule has 2 aliphatic heterocycles. The third kappa shape index (κ3) is 1.51. The Morgan fingerprint density at radius 1 is 1.13 bits per heavy atom. The predicted molar refractivity (Wildman–Crippen MR) is 56.6 cm³/mol. The van der Waals surface area contributed by atoms with Crippen LogP contribution in [-0.2, 0) is 9.47 Å². The molecule has 2 saturated heterocycles. The minimum absolute atomic E-state index is 0.150. The molecule has 0 aromatic carbocycles. The molecule has 1 aliphatic carbocycles. The Morgan fingerprint density at radius 2 is 1.87 bits per heavy atom. The van der Waals surface area contributed by atoms with Gasteiger partial charge in [0.1, 0.15) is 0 Å². The monoisotopic (exact) mass is 212 g/mol. The molecule has 0 aromatic rings. The number of ether oxygens (including phenoxy) is 2. The van der Waals surface area contributed by atoms with Gasteiger partial charge in [0.05, 0.1) is 25.4 Å². The molecule has 1 saturated carbocycles. The van der Waals surface area contributed by atoms with Gasteiger partial charge in [0.2, 0.25) is 0 Å². The van der Waals surface area contributed by atoms with Crippen LogP contribution < -0.4 is 11.1 Å². The minimum Gasteiger partial charge on any atom is -0.373 e. The number of hydrogen-bond donors (Lipinski definition) is 2. The zero-order valence-electron chi connectivity index (χ0n) is 9.08. The summed E-state index contributed by atoms with van der Waals surface area (Å²) in [6.45, 7) is 3.63. The van der Waals surface area contributed by atoms with Gasteiger partial charge in [-0.3, -0.25) is 0 Å². The maximum Gasteiger partial charge on any atom is 0.0993 e. The molecule has 3 unspecified atom stereocenters. The lowest BCUT2D eigenvalue weighted by atomic mass is 9.74. The van der Waals surface area contributed by atoms with E-state index < -0.39 is 0 Å². The lowest BCUT2D eigenvalue weighted by Crippen LogP contribution is -2.51. The van der Waals surface area contributed by atoms with Crippen molar-refractivity contribution in [1.29, 1.82) is 0 Å². The Labute approximate surface area is 90.5 Å². The molecule has 2 heterocycles. The van der Waals surface area contributed by atoms with Crippen LogP contribution in [0.15, 0.2) is 0 Å². The number of nitrogens with one attached hydrogen (secondary N) is 1. The summed E-state index contributed by atoms with van der Waals surface area (Å²) in [5.74, 6) is 0. The van der Waals surface area contributed by atoms with Gasteiger partial charge in [-0.15, -0.1) is 0 Å². The number of nitrogens with two attached hydrogens (primary N) is 1. The minimum atomic E-state index is 0.150. The highest BCUT2D eigenvalue weighted by Gasteiger charge is 2.53. The van der Waals surface area contributed by atoms with Crippen LogP contribution in [0.25, 0.3) is 0 Å². The van der Waals surface area contributed by atoms with E-state index >= 15 is 0 Å². The smallest absolute Gasteiger partial charge is 0.0993 e. The second-order valence-corrected chi connectivity index (χ2v) is 5.09. The Kier molecular flexibility index (Phi) is 2.47. The van der Waals surface area contributed by atoms with E-state index in [9.17, 15) is 0 Å². The molecule has 3 aliphatic rings. The second-order valence-electron chi connectivity index (χ2n) is 5.09. The zero-order valence-corrected chi connectivity index (χ0v) is 9.08. The molecule has 3 rings (SSSR count). The molecule has 1 spiro atoms. The average Bonchev–Trinajstić information content (AvgIpc) is 2.54. The zero-order chi connectivity index (χ0) is 10.3. The van der Waals surface area contributed by atoms with E-state index in [1.807, 2.05) is 0 Å². The first-order valence-electron chi connectivity index (χ1n) is 6.01. The van der Waals surface area contributed by atoms with E-state index in [2.05, 4.69) is 5.32 Å². The van der Waals surface area contributed by atoms with Crippen molar-refractivity contribution in [2.75, 3.05) is 26.3 Å². The number of fused-ring (bicyclic) bond motifs is 1. The van der Waals surface area contributed by atoms with E-state index in [1.165, 1.54) is 12.8 Å². The Balaban J connectivity index is 1.80. The van der Waals surface area contributed by atoms with Crippen LogP contribution in [0.4, 0.5) is 0 Å². The molecule has 86 valence electrons. The van der Waals surface area contributed by atoms with Crippen LogP contribution in [-0.4, -0.2) is 44.6 Å². The van der Waals surface area contributed by atoms with Crippen molar-refractivity contribution in [3.05, 3.63) is 0 Å². The molecule has 0 bridgehead atoms. The summed E-state index contributed by atoms with van der Waals surface area (Å²) in [5.41, 5.74) is 6.65. The summed E-state index contributed by atoms with van der Waals surface area (Å²) in [6, 6.07) is 0.171. The van der Waals surface area contributed by atoms with Gasteiger partial charge in [0.15, 0.2) is 0 Å². The van der Waals surface area contributed by atoms with Crippen LogP contribution in [0.2, 0.25) is 0 Å². The van der Waals surface area contributed by atoms with Gasteiger partial charge in [0, 0.05) is 6.04 Å². The summed E-state index contributed by atoms with van der Waals surface area (Å²) < 4.78 is 11.5. The fourth-order valence-corrected chi connectivity index (χ4v) is 3.44. The second kappa shape index (κ2) is 3.70. The SMILES string of the molecule is NC1C2OCCOC2CC12CCNCC2. The molecule has 15 heavy (non-hydrogen) atoms. The van der Waals surface area contributed by atoms with Crippen LogP contribution >= 0.6 is 0 Å². The normalized spacial score (nSPS) is 44.2. The van der Waals surface area contributed by atoms with Gasteiger partial charge in [-0.25, -0.2) is 0 Å². The largest absolute Gasteiger partial charge is 0.373 e. The van der Waals surface area contributed by atoms with Crippen molar-refractivity contribution in [2.45, 2.75) is 37.5 Å². The van der Waals surface area contributed by atoms with Crippen LogP contribution in [0.1, 0.15) is 19.3 Å². The van der Waals surface area contributed by atoms with Gasteiger partial charge in [-0.2, -0.15) is 0 Å². The highest BCUT2D eigenvalue weighted by atomic mass is 16.6.